The number of benzene rings is 2. The number of nitrogens with two attached hydrogens (primary N) is 1. The lowest BCUT2D eigenvalue weighted by atomic mass is 9.97. The minimum Gasteiger partial charge on any atom is -0.449 e. The van der Waals surface area contributed by atoms with Crippen LogP contribution in [-0.4, -0.2) is 41.5 Å². The third-order valence-electron chi connectivity index (χ3n) is 6.55. The summed E-state index contributed by atoms with van der Waals surface area (Å²) >= 11 is 3.48. The van der Waals surface area contributed by atoms with Gasteiger partial charge >= 0.3 is 6.09 Å². The Bertz CT molecular complexity index is 1400. The zero-order valence-corrected chi connectivity index (χ0v) is 21.1. The Morgan fingerprint density at radius 3 is 2.69 bits per heavy atom. The number of carbonyl (C=O) groups is 2. The number of ketones is 1. The number of piperidine rings is 1. The minimum absolute atomic E-state index is 0.242. The molecule has 2 aromatic carbocycles. The number of nitrogens with one attached hydrogen (secondary N) is 2. The van der Waals surface area contributed by atoms with E-state index in [9.17, 15) is 9.59 Å². The number of amides is 1. The lowest BCUT2D eigenvalue weighted by molar-refractivity contribution is 0.103. The van der Waals surface area contributed by atoms with Crippen LogP contribution in [0.2, 0.25) is 0 Å². The number of anilines is 3. The molecule has 0 aliphatic carbocycles. The number of nitrogen functional groups attached to an aromatic ring is 1. The van der Waals surface area contributed by atoms with Gasteiger partial charge in [-0.2, -0.15) is 0 Å². The number of fused-ring (bicyclic) bond motifs is 1. The van der Waals surface area contributed by atoms with Crippen LogP contribution < -0.4 is 16.0 Å². The summed E-state index contributed by atoms with van der Waals surface area (Å²) in [4.78, 5) is 35.5. The van der Waals surface area contributed by atoms with Crippen LogP contribution in [0.25, 0.3) is 10.9 Å². The van der Waals surface area contributed by atoms with Crippen LogP contribution in [-0.2, 0) is 4.74 Å². The van der Waals surface area contributed by atoms with Crippen LogP contribution in [0.5, 0.6) is 0 Å². The molecule has 0 radical (unpaired) electrons. The van der Waals surface area contributed by atoms with Gasteiger partial charge in [-0.25, -0.2) is 4.79 Å². The molecular weight excluding hydrogens is 522 g/mol. The largest absolute Gasteiger partial charge is 0.449 e. The van der Waals surface area contributed by atoms with Gasteiger partial charge in [0.05, 0.1) is 18.0 Å². The molecule has 1 fully saturated rings. The summed E-state index contributed by atoms with van der Waals surface area (Å²) in [5.74, 6) is 0.0311. The number of rotatable bonds is 6. The standard InChI is InChI=1S/C27H26BrN5O3/c28-22-15-31-24-14-18(4-5-20(22)24)26(34)21-2-1-3-23(29)25(21)32-27(35)36-16-17-8-12-33(13-9-17)19-6-10-30-11-7-19/h1-7,10-11,14-15,17,31H,8-9,12-13,16,29H2,(H,32,35). The molecule has 1 aliphatic rings. The van der Waals surface area contributed by atoms with Crippen molar-refractivity contribution in [3.63, 3.8) is 0 Å². The fraction of sp³-hybridized carbons (Fsp3) is 0.222. The van der Waals surface area contributed by atoms with Crippen LogP contribution in [0.4, 0.5) is 21.9 Å². The molecular formula is C27H26BrN5O3. The van der Waals surface area contributed by atoms with E-state index in [1.807, 2.05) is 24.4 Å². The van der Waals surface area contributed by atoms with E-state index in [1.54, 1.807) is 42.7 Å². The smallest absolute Gasteiger partial charge is 0.411 e. The number of H-pyrrole nitrogens is 1. The highest BCUT2D eigenvalue weighted by molar-refractivity contribution is 9.10. The lowest BCUT2D eigenvalue weighted by Gasteiger charge is -2.33. The molecule has 1 amide bonds. The number of pyridine rings is 1. The monoisotopic (exact) mass is 547 g/mol. The maximum absolute atomic E-state index is 13.3. The van der Waals surface area contributed by atoms with E-state index in [1.165, 1.54) is 0 Å². The zero-order valence-electron chi connectivity index (χ0n) is 19.5. The highest BCUT2D eigenvalue weighted by Crippen LogP contribution is 2.29. The molecule has 2 aromatic heterocycles. The molecule has 0 unspecified atom stereocenters. The second-order valence-corrected chi connectivity index (χ2v) is 9.71. The van der Waals surface area contributed by atoms with Gasteiger partial charge in [-0.1, -0.05) is 18.2 Å². The average Bonchev–Trinajstić information content (AvgIpc) is 3.29. The second kappa shape index (κ2) is 10.4. The highest BCUT2D eigenvalue weighted by atomic mass is 79.9. The van der Waals surface area contributed by atoms with Crippen molar-refractivity contribution >= 4 is 55.8 Å². The normalized spacial score (nSPS) is 14.1. The number of para-hydroxylation sites is 1. The van der Waals surface area contributed by atoms with Crippen LogP contribution in [0.3, 0.4) is 0 Å². The molecule has 0 spiro atoms. The molecule has 0 atom stereocenters. The summed E-state index contributed by atoms with van der Waals surface area (Å²) in [7, 11) is 0. The van der Waals surface area contributed by atoms with E-state index in [-0.39, 0.29) is 17.4 Å². The topological polar surface area (TPSA) is 113 Å². The molecule has 36 heavy (non-hydrogen) atoms. The predicted octanol–water partition coefficient (Wildman–Crippen LogP) is 5.60. The number of ether oxygens (including phenoxy) is 1. The maximum Gasteiger partial charge on any atom is 0.411 e. The second-order valence-electron chi connectivity index (χ2n) is 8.86. The van der Waals surface area contributed by atoms with E-state index in [4.69, 9.17) is 10.5 Å². The van der Waals surface area contributed by atoms with Crippen LogP contribution in [0, 0.1) is 5.92 Å². The van der Waals surface area contributed by atoms with Gasteiger partial charge in [-0.15, -0.1) is 0 Å². The highest BCUT2D eigenvalue weighted by Gasteiger charge is 2.22. The number of hydrogen-bond donors (Lipinski definition) is 3. The van der Waals surface area contributed by atoms with Gasteiger partial charge in [-0.3, -0.25) is 15.1 Å². The van der Waals surface area contributed by atoms with Crippen molar-refractivity contribution < 1.29 is 14.3 Å². The summed E-state index contributed by atoms with van der Waals surface area (Å²) in [6, 6.07) is 14.4. The number of nitrogens with zero attached hydrogens (tertiary/aromatic N) is 2. The van der Waals surface area contributed by atoms with Crippen molar-refractivity contribution in [3.05, 3.63) is 82.7 Å². The van der Waals surface area contributed by atoms with Crippen LogP contribution >= 0.6 is 15.9 Å². The Morgan fingerprint density at radius 2 is 1.92 bits per heavy atom. The van der Waals surface area contributed by atoms with E-state index in [2.05, 4.69) is 36.1 Å². The SMILES string of the molecule is Nc1cccc(C(=O)c2ccc3c(Br)c[nH]c3c2)c1NC(=O)OCC1CCN(c2ccncc2)CC1. The first-order valence-corrected chi connectivity index (χ1v) is 12.6. The molecule has 4 aromatic rings. The third-order valence-corrected chi connectivity index (χ3v) is 7.21. The van der Waals surface area contributed by atoms with Crippen LogP contribution in [0.1, 0.15) is 28.8 Å². The first kappa shape index (κ1) is 23.9. The molecule has 4 N–H and O–H groups in total. The third kappa shape index (κ3) is 5.06. The first-order valence-electron chi connectivity index (χ1n) is 11.8. The van der Waals surface area contributed by atoms with Gasteiger partial charge < -0.3 is 20.4 Å². The average molecular weight is 548 g/mol. The van der Waals surface area contributed by atoms with E-state index in [0.717, 1.165) is 47.0 Å². The number of aromatic amines is 1. The summed E-state index contributed by atoms with van der Waals surface area (Å²) < 4.78 is 6.45. The van der Waals surface area contributed by atoms with Crippen molar-refractivity contribution in [3.8, 4) is 0 Å². The van der Waals surface area contributed by atoms with Gasteiger partial charge in [0.1, 0.15) is 0 Å². The van der Waals surface area contributed by atoms with Gasteiger partial charge in [0.15, 0.2) is 5.78 Å². The van der Waals surface area contributed by atoms with Crippen molar-refractivity contribution in [1.29, 1.82) is 0 Å². The van der Waals surface area contributed by atoms with Crippen molar-refractivity contribution in [2.75, 3.05) is 35.6 Å². The number of hydrogen-bond acceptors (Lipinski definition) is 6. The maximum atomic E-state index is 13.3. The minimum atomic E-state index is -0.623. The fourth-order valence-electron chi connectivity index (χ4n) is 4.53. The Balaban J connectivity index is 1.22. The van der Waals surface area contributed by atoms with Gasteiger partial charge in [0.2, 0.25) is 0 Å². The summed E-state index contributed by atoms with van der Waals surface area (Å²) in [6.07, 6.45) is 6.63. The van der Waals surface area contributed by atoms with Gasteiger partial charge in [0, 0.05) is 63.9 Å². The first-order chi connectivity index (χ1) is 17.5. The van der Waals surface area contributed by atoms with Crippen molar-refractivity contribution in [2.24, 2.45) is 5.92 Å². The van der Waals surface area contributed by atoms with E-state index < -0.39 is 6.09 Å². The summed E-state index contributed by atoms with van der Waals surface area (Å²) in [6.45, 7) is 2.10. The zero-order chi connectivity index (χ0) is 25.1. The molecule has 184 valence electrons. The van der Waals surface area contributed by atoms with Crippen molar-refractivity contribution in [1.82, 2.24) is 9.97 Å². The Labute approximate surface area is 217 Å². The van der Waals surface area contributed by atoms with E-state index >= 15 is 0 Å². The van der Waals surface area contributed by atoms with E-state index in [0.29, 0.717) is 23.4 Å². The molecule has 9 heteroatoms. The Morgan fingerprint density at radius 1 is 1.14 bits per heavy atom. The van der Waals surface area contributed by atoms with Gasteiger partial charge in [0.25, 0.3) is 0 Å². The molecule has 0 bridgehead atoms. The summed E-state index contributed by atoms with van der Waals surface area (Å²) in [5, 5.41) is 3.68. The summed E-state index contributed by atoms with van der Waals surface area (Å²) in [5.41, 5.74) is 9.48. The van der Waals surface area contributed by atoms with Crippen molar-refractivity contribution in [2.45, 2.75) is 12.8 Å². The quantitative estimate of drug-likeness (QED) is 0.214. The number of carbonyl (C=O) groups excluding carboxylic acids is 2. The predicted molar refractivity (Wildman–Crippen MR) is 144 cm³/mol. The van der Waals surface area contributed by atoms with Crippen LogP contribution in [0.15, 0.2) is 71.6 Å². The molecule has 3 heterocycles. The lowest BCUT2D eigenvalue weighted by Crippen LogP contribution is -2.35. The Kier molecular flexibility index (Phi) is 6.90. The molecule has 1 saturated heterocycles. The molecule has 8 nitrogen and oxygen atoms in total. The fourth-order valence-corrected chi connectivity index (χ4v) is 4.99. The number of aromatic nitrogens is 2. The molecule has 5 rings (SSSR count). The molecule has 1 aliphatic heterocycles. The Hall–Kier alpha value is -3.85. The molecule has 0 saturated carbocycles. The number of halogens is 1. The van der Waals surface area contributed by atoms with Gasteiger partial charge in [-0.05, 0) is 65.0 Å².